The van der Waals surface area contributed by atoms with Gasteiger partial charge in [0.1, 0.15) is 5.82 Å². The maximum absolute atomic E-state index is 12.4. The van der Waals surface area contributed by atoms with E-state index in [9.17, 15) is 19.7 Å². The van der Waals surface area contributed by atoms with E-state index in [4.69, 9.17) is 0 Å². The lowest BCUT2D eigenvalue weighted by Crippen LogP contribution is -2.31. The Balaban J connectivity index is 1.98. The Bertz CT molecular complexity index is 1110. The Labute approximate surface area is 139 Å². The number of fused-ring (bicyclic) bond motifs is 2. The third-order valence-corrected chi connectivity index (χ3v) is 4.23. The summed E-state index contributed by atoms with van der Waals surface area (Å²) in [6.45, 7) is 1.82. The van der Waals surface area contributed by atoms with Crippen LogP contribution in [-0.4, -0.2) is 25.1 Å². The molecule has 0 spiro atoms. The number of aromatic amines is 3. The van der Waals surface area contributed by atoms with Crippen molar-refractivity contribution in [1.29, 1.82) is 0 Å². The second kappa shape index (κ2) is 5.16. The molecule has 0 saturated heterocycles. The molecule has 126 valence electrons. The maximum atomic E-state index is 12.4. The fourth-order valence-corrected chi connectivity index (χ4v) is 3.14. The highest BCUT2D eigenvalue weighted by molar-refractivity contribution is 5.71. The van der Waals surface area contributed by atoms with Crippen LogP contribution in [0.3, 0.4) is 0 Å². The van der Waals surface area contributed by atoms with Gasteiger partial charge in [0.05, 0.1) is 10.5 Å². The average Bonchev–Trinajstić information content (AvgIpc) is 2.93. The number of aromatic nitrogens is 4. The summed E-state index contributed by atoms with van der Waals surface area (Å²) in [4.78, 5) is 39.2. The zero-order chi connectivity index (χ0) is 17.7. The summed E-state index contributed by atoms with van der Waals surface area (Å²) in [5, 5.41) is 20.8. The predicted molar refractivity (Wildman–Crippen MR) is 88.3 cm³/mol. The molecule has 4 N–H and O–H groups in total. The third-order valence-electron chi connectivity index (χ3n) is 4.23. The van der Waals surface area contributed by atoms with Crippen LogP contribution in [0.1, 0.15) is 28.3 Å². The number of nitrogens with one attached hydrogen (secondary N) is 4. The molecule has 0 fully saturated rings. The number of benzene rings is 1. The number of nitro groups is 1. The van der Waals surface area contributed by atoms with Crippen LogP contribution in [0, 0.1) is 17.0 Å². The van der Waals surface area contributed by atoms with E-state index in [1.165, 1.54) is 12.1 Å². The number of nitrogens with zero attached hydrogens (tertiary/aromatic N) is 2. The zero-order valence-corrected chi connectivity index (χ0v) is 12.9. The lowest BCUT2D eigenvalue weighted by Gasteiger charge is -2.25. The van der Waals surface area contributed by atoms with E-state index in [1.807, 2.05) is 6.92 Å². The smallest absolute Gasteiger partial charge is 0.324 e. The van der Waals surface area contributed by atoms with Gasteiger partial charge >= 0.3 is 5.69 Å². The molecule has 10 heteroatoms. The Morgan fingerprint density at radius 3 is 2.52 bits per heavy atom. The van der Waals surface area contributed by atoms with Crippen molar-refractivity contribution in [2.24, 2.45) is 0 Å². The first-order valence-corrected chi connectivity index (χ1v) is 7.38. The maximum Gasteiger partial charge on any atom is 0.327 e. The van der Waals surface area contributed by atoms with Gasteiger partial charge in [-0.1, -0.05) is 12.1 Å². The van der Waals surface area contributed by atoms with Gasteiger partial charge in [-0.2, -0.15) is 5.10 Å². The molecule has 1 aliphatic heterocycles. The van der Waals surface area contributed by atoms with Crippen LogP contribution in [0.5, 0.6) is 0 Å². The Kier molecular flexibility index (Phi) is 3.07. The van der Waals surface area contributed by atoms with E-state index in [0.717, 1.165) is 11.3 Å². The van der Waals surface area contributed by atoms with Gasteiger partial charge in [0.2, 0.25) is 0 Å². The Morgan fingerprint density at radius 2 is 1.84 bits per heavy atom. The molecule has 0 radical (unpaired) electrons. The summed E-state index contributed by atoms with van der Waals surface area (Å²) < 4.78 is 0. The molecule has 0 unspecified atom stereocenters. The Morgan fingerprint density at radius 1 is 1.12 bits per heavy atom. The van der Waals surface area contributed by atoms with Crippen LogP contribution >= 0.6 is 0 Å². The first-order valence-electron chi connectivity index (χ1n) is 7.38. The van der Waals surface area contributed by atoms with Gasteiger partial charge in [0.25, 0.3) is 11.2 Å². The van der Waals surface area contributed by atoms with E-state index in [1.54, 1.807) is 12.1 Å². The third kappa shape index (κ3) is 2.23. The minimum absolute atomic E-state index is 0.0441. The number of anilines is 2. The molecule has 3 aromatic rings. The second-order valence-electron chi connectivity index (χ2n) is 5.71. The number of hydrogen-bond donors (Lipinski definition) is 4. The quantitative estimate of drug-likeness (QED) is 0.318. The first-order chi connectivity index (χ1) is 12.0. The molecule has 4 rings (SSSR count). The van der Waals surface area contributed by atoms with Gasteiger partial charge < -0.3 is 5.32 Å². The van der Waals surface area contributed by atoms with Crippen LogP contribution in [0.25, 0.3) is 0 Å². The van der Waals surface area contributed by atoms with Gasteiger partial charge in [-0.25, -0.2) is 4.79 Å². The minimum Gasteiger partial charge on any atom is -0.324 e. The first kappa shape index (κ1) is 14.9. The van der Waals surface area contributed by atoms with Crippen LogP contribution < -0.4 is 16.6 Å². The van der Waals surface area contributed by atoms with E-state index in [0.29, 0.717) is 16.9 Å². The largest absolute Gasteiger partial charge is 0.327 e. The van der Waals surface area contributed by atoms with Crippen LogP contribution in [-0.2, 0) is 0 Å². The molecule has 1 aliphatic rings. The van der Waals surface area contributed by atoms with Crippen molar-refractivity contribution < 1.29 is 4.92 Å². The highest BCUT2D eigenvalue weighted by Crippen LogP contribution is 2.42. The van der Waals surface area contributed by atoms with Crippen molar-refractivity contribution in [1.82, 2.24) is 20.2 Å². The molecule has 0 aliphatic carbocycles. The van der Waals surface area contributed by atoms with Crippen LogP contribution in [0.15, 0.2) is 33.9 Å². The highest BCUT2D eigenvalue weighted by atomic mass is 16.6. The molecule has 1 aromatic carbocycles. The van der Waals surface area contributed by atoms with Crippen molar-refractivity contribution in [3.63, 3.8) is 0 Å². The lowest BCUT2D eigenvalue weighted by atomic mass is 9.83. The molecule has 2 aromatic heterocycles. The molecule has 1 atom stereocenters. The molecular formula is C15H12N6O4. The van der Waals surface area contributed by atoms with Crippen molar-refractivity contribution in [3.8, 4) is 0 Å². The van der Waals surface area contributed by atoms with Crippen molar-refractivity contribution >= 4 is 17.3 Å². The fraction of sp³-hybridized carbons (Fsp3) is 0.133. The number of hydrogen-bond acceptors (Lipinski definition) is 6. The van der Waals surface area contributed by atoms with Gasteiger partial charge in [0.15, 0.2) is 5.82 Å². The topological polar surface area (TPSA) is 150 Å². The molecular weight excluding hydrogens is 328 g/mol. The normalized spacial score (nSPS) is 15.2. The molecule has 25 heavy (non-hydrogen) atoms. The standard InChI is InChI=1S/C15H12N6O4/c1-6-9-10(7-2-4-8(5-3-7)21(24)25)11-12(16-13(9)20-19-6)17-15(23)18-14(11)22/h2-5,10H,1H3,(H4,16,17,18,19,20,22,23)/t10-/m0/s1. The molecule has 0 amide bonds. The van der Waals surface area contributed by atoms with Crippen molar-refractivity contribution in [2.45, 2.75) is 12.8 Å². The Hall–Kier alpha value is -3.69. The fourth-order valence-electron chi connectivity index (χ4n) is 3.14. The van der Waals surface area contributed by atoms with Gasteiger partial charge in [-0.3, -0.25) is 30.0 Å². The SMILES string of the molecule is Cc1[nH]nc2c1[C@H](c1ccc([N+](=O)[O-])cc1)c1c([nH]c(=O)[nH]c1=O)N2. The minimum atomic E-state index is -0.630. The van der Waals surface area contributed by atoms with Gasteiger partial charge in [-0.05, 0) is 12.5 Å². The summed E-state index contributed by atoms with van der Waals surface area (Å²) in [6, 6.07) is 5.95. The number of non-ortho nitro benzene ring substituents is 1. The number of aryl methyl sites for hydroxylation is 1. The van der Waals surface area contributed by atoms with Crippen molar-refractivity contribution in [2.75, 3.05) is 5.32 Å². The van der Waals surface area contributed by atoms with Gasteiger partial charge in [0, 0.05) is 29.3 Å². The van der Waals surface area contributed by atoms with E-state index in [2.05, 4.69) is 25.5 Å². The molecule has 0 bridgehead atoms. The number of rotatable bonds is 2. The summed E-state index contributed by atoms with van der Waals surface area (Å²) in [7, 11) is 0. The van der Waals surface area contributed by atoms with Crippen molar-refractivity contribution in [3.05, 3.63) is 77.6 Å². The van der Waals surface area contributed by atoms with Gasteiger partial charge in [-0.15, -0.1) is 0 Å². The summed E-state index contributed by atoms with van der Waals surface area (Å²) in [6.07, 6.45) is 0. The number of nitro benzene ring substituents is 1. The highest BCUT2D eigenvalue weighted by Gasteiger charge is 2.34. The van der Waals surface area contributed by atoms with Crippen LogP contribution in [0.4, 0.5) is 17.3 Å². The average molecular weight is 340 g/mol. The summed E-state index contributed by atoms with van der Waals surface area (Å²) in [5.74, 6) is 0.233. The van der Waals surface area contributed by atoms with Crippen LogP contribution in [0.2, 0.25) is 0 Å². The molecule has 0 saturated carbocycles. The second-order valence-corrected chi connectivity index (χ2v) is 5.71. The molecule has 10 nitrogen and oxygen atoms in total. The van der Waals surface area contributed by atoms with E-state index < -0.39 is 22.1 Å². The predicted octanol–water partition coefficient (Wildman–Crippen LogP) is 1.24. The molecule has 3 heterocycles. The monoisotopic (exact) mass is 340 g/mol. The summed E-state index contributed by atoms with van der Waals surface area (Å²) in [5.41, 5.74) is 1.30. The lowest BCUT2D eigenvalue weighted by molar-refractivity contribution is -0.384. The zero-order valence-electron chi connectivity index (χ0n) is 12.9. The number of H-pyrrole nitrogens is 3. The van der Waals surface area contributed by atoms with E-state index in [-0.39, 0.29) is 11.5 Å². The summed E-state index contributed by atoms with van der Waals surface area (Å²) >= 11 is 0. The van der Waals surface area contributed by atoms with E-state index >= 15 is 0 Å².